The molecule has 0 saturated carbocycles. The van der Waals surface area contributed by atoms with E-state index in [2.05, 4.69) is 50.7 Å². The molecule has 0 N–H and O–H groups in total. The van der Waals surface area contributed by atoms with Crippen molar-refractivity contribution in [2.45, 2.75) is 27.3 Å². The fraction of sp³-hybridized carbons (Fsp3) is 0.684. The van der Waals surface area contributed by atoms with Crippen LogP contribution in [0.2, 0.25) is 0 Å². The molecule has 1 heterocycles. The third-order valence-electron chi connectivity index (χ3n) is 4.86. The average Bonchev–Trinajstić information content (AvgIpc) is 2.71. The molecule has 1 aliphatic heterocycles. The van der Waals surface area contributed by atoms with Gasteiger partial charge in [0, 0.05) is 32.1 Å². The number of aryl methyl sites for hydroxylation is 1. The molecule has 1 aliphatic rings. The normalized spacial score (nSPS) is 19.9. The number of hydrogen-bond acceptors (Lipinski definition) is 4. The summed E-state index contributed by atoms with van der Waals surface area (Å²) in [6, 6.07) is 2.17. The van der Waals surface area contributed by atoms with E-state index in [1.165, 1.54) is 22.3 Å². The molecule has 1 saturated heterocycles. The zero-order valence-corrected chi connectivity index (χ0v) is 15.6. The molecule has 23 heavy (non-hydrogen) atoms. The Morgan fingerprint density at radius 3 is 2.65 bits per heavy atom. The van der Waals surface area contributed by atoms with Gasteiger partial charge in [0.25, 0.3) is 0 Å². The van der Waals surface area contributed by atoms with E-state index in [1.54, 1.807) is 7.11 Å². The van der Waals surface area contributed by atoms with E-state index in [4.69, 9.17) is 9.47 Å². The second-order valence-corrected chi connectivity index (χ2v) is 7.06. The lowest BCUT2D eigenvalue weighted by molar-refractivity contribution is 0.112. The summed E-state index contributed by atoms with van der Waals surface area (Å²) in [5, 5.41) is 0. The first-order valence-electron chi connectivity index (χ1n) is 8.50. The Labute approximate surface area is 141 Å². The molecule has 0 amide bonds. The van der Waals surface area contributed by atoms with Crippen molar-refractivity contribution in [3.05, 3.63) is 28.3 Å². The molecule has 130 valence electrons. The zero-order chi connectivity index (χ0) is 17.0. The standard InChI is InChI=1S/C19H32N2O2/c1-14-9-19(22-6)16(3)15(2)18(14)12-21-7-8-23-13-17(11-21)10-20(4)5/h9,17H,7-8,10-13H2,1-6H3. The molecule has 1 fully saturated rings. The monoisotopic (exact) mass is 320 g/mol. The third kappa shape index (κ3) is 4.69. The Hall–Kier alpha value is -1.10. The Bertz CT molecular complexity index is 529. The average molecular weight is 320 g/mol. The van der Waals surface area contributed by atoms with E-state index in [0.717, 1.165) is 45.1 Å². The van der Waals surface area contributed by atoms with Crippen LogP contribution in [0.1, 0.15) is 22.3 Å². The Morgan fingerprint density at radius 1 is 1.26 bits per heavy atom. The van der Waals surface area contributed by atoms with E-state index >= 15 is 0 Å². The van der Waals surface area contributed by atoms with Crippen molar-refractivity contribution in [1.82, 2.24) is 9.80 Å². The molecule has 0 bridgehead atoms. The van der Waals surface area contributed by atoms with Gasteiger partial charge < -0.3 is 14.4 Å². The molecule has 1 unspecified atom stereocenters. The first kappa shape index (κ1) is 18.2. The maximum atomic E-state index is 5.81. The van der Waals surface area contributed by atoms with E-state index in [-0.39, 0.29) is 0 Å². The molecule has 1 atom stereocenters. The van der Waals surface area contributed by atoms with Crippen LogP contribution in [0.4, 0.5) is 0 Å². The lowest BCUT2D eigenvalue weighted by Crippen LogP contribution is -2.34. The van der Waals surface area contributed by atoms with Crippen molar-refractivity contribution in [3.63, 3.8) is 0 Å². The zero-order valence-electron chi connectivity index (χ0n) is 15.6. The van der Waals surface area contributed by atoms with Crippen LogP contribution >= 0.6 is 0 Å². The van der Waals surface area contributed by atoms with Gasteiger partial charge in [-0.1, -0.05) is 0 Å². The highest BCUT2D eigenvalue weighted by molar-refractivity contribution is 5.48. The second kappa shape index (κ2) is 8.13. The molecule has 4 heteroatoms. The summed E-state index contributed by atoms with van der Waals surface area (Å²) in [6.45, 7) is 12.4. The molecule has 1 aromatic carbocycles. The van der Waals surface area contributed by atoms with Crippen LogP contribution in [0.3, 0.4) is 0 Å². The number of methoxy groups -OCH3 is 1. The molecule has 1 aromatic rings. The maximum Gasteiger partial charge on any atom is 0.122 e. The molecule has 2 rings (SSSR count). The number of benzene rings is 1. The minimum absolute atomic E-state index is 0.576. The molecule has 0 radical (unpaired) electrons. The van der Waals surface area contributed by atoms with Crippen LogP contribution < -0.4 is 4.74 Å². The summed E-state index contributed by atoms with van der Waals surface area (Å²) in [5.74, 6) is 1.57. The third-order valence-corrected chi connectivity index (χ3v) is 4.86. The van der Waals surface area contributed by atoms with E-state index in [1.807, 2.05) is 0 Å². The Balaban J connectivity index is 2.15. The van der Waals surface area contributed by atoms with Crippen LogP contribution in [0.15, 0.2) is 6.07 Å². The fourth-order valence-electron chi connectivity index (χ4n) is 3.50. The highest BCUT2D eigenvalue weighted by Crippen LogP contribution is 2.28. The molecule has 4 nitrogen and oxygen atoms in total. The van der Waals surface area contributed by atoms with Crippen LogP contribution in [0, 0.1) is 26.7 Å². The van der Waals surface area contributed by atoms with E-state index < -0.39 is 0 Å². The van der Waals surface area contributed by atoms with Gasteiger partial charge in [-0.25, -0.2) is 0 Å². The van der Waals surface area contributed by atoms with Crippen molar-refractivity contribution in [3.8, 4) is 5.75 Å². The minimum Gasteiger partial charge on any atom is -0.496 e. The van der Waals surface area contributed by atoms with Crippen LogP contribution in [0.5, 0.6) is 5.75 Å². The van der Waals surface area contributed by atoms with Crippen molar-refractivity contribution in [2.24, 2.45) is 5.92 Å². The number of nitrogens with zero attached hydrogens (tertiary/aromatic N) is 2. The van der Waals surface area contributed by atoms with Gasteiger partial charge >= 0.3 is 0 Å². The SMILES string of the molecule is COc1cc(C)c(CN2CCOCC(CN(C)C)C2)c(C)c1C. The van der Waals surface area contributed by atoms with Gasteiger partial charge in [0.05, 0.1) is 20.3 Å². The van der Waals surface area contributed by atoms with Gasteiger partial charge in [-0.05, 0) is 63.2 Å². The number of hydrogen-bond donors (Lipinski definition) is 0. The first-order valence-corrected chi connectivity index (χ1v) is 8.50. The Kier molecular flexibility index (Phi) is 6.45. The quantitative estimate of drug-likeness (QED) is 0.833. The molecular formula is C19H32N2O2. The summed E-state index contributed by atoms with van der Waals surface area (Å²) in [4.78, 5) is 4.80. The van der Waals surface area contributed by atoms with Crippen LogP contribution in [0.25, 0.3) is 0 Å². The second-order valence-electron chi connectivity index (χ2n) is 7.06. The molecule has 0 aromatic heterocycles. The lowest BCUT2D eigenvalue weighted by atomic mass is 9.96. The highest BCUT2D eigenvalue weighted by atomic mass is 16.5. The number of rotatable bonds is 5. The predicted octanol–water partition coefficient (Wildman–Crippen LogP) is 2.63. The van der Waals surface area contributed by atoms with Gasteiger partial charge in [0.1, 0.15) is 5.75 Å². The minimum atomic E-state index is 0.576. The largest absolute Gasteiger partial charge is 0.496 e. The van der Waals surface area contributed by atoms with Gasteiger partial charge in [0.2, 0.25) is 0 Å². The van der Waals surface area contributed by atoms with Gasteiger partial charge in [-0.15, -0.1) is 0 Å². The van der Waals surface area contributed by atoms with E-state index in [9.17, 15) is 0 Å². The van der Waals surface area contributed by atoms with Crippen LogP contribution in [-0.2, 0) is 11.3 Å². The summed E-state index contributed by atoms with van der Waals surface area (Å²) in [5.41, 5.74) is 5.37. The van der Waals surface area contributed by atoms with Crippen molar-refractivity contribution in [2.75, 3.05) is 54.1 Å². The van der Waals surface area contributed by atoms with Crippen molar-refractivity contribution < 1.29 is 9.47 Å². The number of ether oxygens (including phenoxy) is 2. The topological polar surface area (TPSA) is 24.9 Å². The summed E-state index contributed by atoms with van der Waals surface area (Å²) in [7, 11) is 6.02. The van der Waals surface area contributed by atoms with Crippen LogP contribution in [-0.4, -0.2) is 63.9 Å². The maximum absolute atomic E-state index is 5.81. The summed E-state index contributed by atoms with van der Waals surface area (Å²) in [6.07, 6.45) is 0. The Morgan fingerprint density at radius 2 is 2.00 bits per heavy atom. The predicted molar refractivity (Wildman–Crippen MR) is 95.3 cm³/mol. The fourth-order valence-corrected chi connectivity index (χ4v) is 3.50. The van der Waals surface area contributed by atoms with E-state index in [0.29, 0.717) is 5.92 Å². The smallest absolute Gasteiger partial charge is 0.122 e. The molecular weight excluding hydrogens is 288 g/mol. The van der Waals surface area contributed by atoms with Gasteiger partial charge in [-0.2, -0.15) is 0 Å². The lowest BCUT2D eigenvalue weighted by Gasteiger charge is -2.27. The van der Waals surface area contributed by atoms with Crippen molar-refractivity contribution in [1.29, 1.82) is 0 Å². The summed E-state index contributed by atoms with van der Waals surface area (Å²) < 4.78 is 11.3. The van der Waals surface area contributed by atoms with Gasteiger partial charge in [-0.3, -0.25) is 4.90 Å². The van der Waals surface area contributed by atoms with Crippen molar-refractivity contribution >= 4 is 0 Å². The molecule has 0 aliphatic carbocycles. The summed E-state index contributed by atoms with van der Waals surface area (Å²) >= 11 is 0. The highest BCUT2D eigenvalue weighted by Gasteiger charge is 2.21. The first-order chi connectivity index (χ1) is 10.9. The molecule has 0 spiro atoms. The van der Waals surface area contributed by atoms with Gasteiger partial charge in [0.15, 0.2) is 0 Å².